The summed E-state index contributed by atoms with van der Waals surface area (Å²) in [6.07, 6.45) is 9.94. The zero-order valence-electron chi connectivity index (χ0n) is 11.7. The second-order valence-electron chi connectivity index (χ2n) is 5.96. The van der Waals surface area contributed by atoms with Crippen LogP contribution >= 0.6 is 0 Å². The summed E-state index contributed by atoms with van der Waals surface area (Å²) in [6, 6.07) is 3.18. The highest BCUT2D eigenvalue weighted by Crippen LogP contribution is 2.25. The van der Waals surface area contributed by atoms with Gasteiger partial charge in [0.15, 0.2) is 0 Å². The van der Waals surface area contributed by atoms with E-state index < -0.39 is 0 Å². The van der Waals surface area contributed by atoms with Crippen molar-refractivity contribution >= 4 is 0 Å². The topological polar surface area (TPSA) is 39.1 Å². The molecule has 1 heterocycles. The van der Waals surface area contributed by atoms with Crippen molar-refractivity contribution in [1.82, 2.24) is 10.2 Å². The molecule has 0 aromatic rings. The Morgan fingerprint density at radius 1 is 1.17 bits per heavy atom. The maximum absolute atomic E-state index is 9.57. The fourth-order valence-corrected chi connectivity index (χ4v) is 3.35. The van der Waals surface area contributed by atoms with Gasteiger partial charge in [0.05, 0.1) is 6.07 Å². The molecule has 2 aliphatic rings. The van der Waals surface area contributed by atoms with Crippen LogP contribution in [-0.2, 0) is 0 Å². The molecule has 18 heavy (non-hydrogen) atoms. The lowest BCUT2D eigenvalue weighted by Gasteiger charge is -2.39. The van der Waals surface area contributed by atoms with Gasteiger partial charge in [-0.05, 0) is 32.2 Å². The molecule has 0 aromatic carbocycles. The van der Waals surface area contributed by atoms with Crippen molar-refractivity contribution in [3.8, 4) is 6.07 Å². The van der Waals surface area contributed by atoms with E-state index in [2.05, 4.69) is 23.2 Å². The normalized spacial score (nSPS) is 26.4. The van der Waals surface area contributed by atoms with Crippen LogP contribution in [0.15, 0.2) is 0 Å². The quantitative estimate of drug-likeness (QED) is 0.782. The Hall–Kier alpha value is -0.590. The molecule has 0 aromatic heterocycles. The lowest BCUT2D eigenvalue weighted by Crippen LogP contribution is -2.55. The molecule has 0 atom stereocenters. The first-order valence-corrected chi connectivity index (χ1v) is 7.69. The summed E-state index contributed by atoms with van der Waals surface area (Å²) in [5.74, 6) is 0. The Morgan fingerprint density at radius 3 is 2.28 bits per heavy atom. The number of hydrogen-bond donors (Lipinski definition) is 1. The molecule has 3 nitrogen and oxygen atoms in total. The highest BCUT2D eigenvalue weighted by Gasteiger charge is 2.35. The SMILES string of the molecule is CCN1CCC(C#N)(NC2CCCCCC2)CC1. The predicted molar refractivity (Wildman–Crippen MR) is 74.3 cm³/mol. The van der Waals surface area contributed by atoms with Crippen LogP contribution in [0.1, 0.15) is 58.3 Å². The number of likely N-dealkylation sites (tertiary alicyclic amines) is 1. The molecule has 0 bridgehead atoms. The molecule has 0 amide bonds. The highest BCUT2D eigenvalue weighted by atomic mass is 15.2. The molecule has 3 heteroatoms. The van der Waals surface area contributed by atoms with Gasteiger partial charge in [0.1, 0.15) is 5.54 Å². The first kappa shape index (κ1) is 13.8. The predicted octanol–water partition coefficient (Wildman–Crippen LogP) is 2.68. The number of hydrogen-bond acceptors (Lipinski definition) is 3. The summed E-state index contributed by atoms with van der Waals surface area (Å²) in [6.45, 7) is 5.47. The Bertz CT molecular complexity index is 279. The summed E-state index contributed by atoms with van der Waals surface area (Å²) < 4.78 is 0. The summed E-state index contributed by atoms with van der Waals surface area (Å²) in [4.78, 5) is 2.45. The van der Waals surface area contributed by atoms with Gasteiger partial charge in [0.25, 0.3) is 0 Å². The van der Waals surface area contributed by atoms with Crippen LogP contribution in [0.25, 0.3) is 0 Å². The van der Waals surface area contributed by atoms with Gasteiger partial charge in [-0.15, -0.1) is 0 Å². The minimum absolute atomic E-state index is 0.235. The second kappa shape index (κ2) is 6.54. The van der Waals surface area contributed by atoms with Gasteiger partial charge in [-0.1, -0.05) is 32.6 Å². The first-order valence-electron chi connectivity index (χ1n) is 7.69. The minimum atomic E-state index is -0.235. The maximum Gasteiger partial charge on any atom is 0.109 e. The third-order valence-electron chi connectivity index (χ3n) is 4.71. The molecular formula is C15H27N3. The summed E-state index contributed by atoms with van der Waals surface area (Å²) in [5.41, 5.74) is -0.235. The van der Waals surface area contributed by atoms with Gasteiger partial charge in [0.2, 0.25) is 0 Å². The van der Waals surface area contributed by atoms with Crippen molar-refractivity contribution in [2.75, 3.05) is 19.6 Å². The largest absolute Gasteiger partial charge is 0.303 e. The fourth-order valence-electron chi connectivity index (χ4n) is 3.35. The minimum Gasteiger partial charge on any atom is -0.303 e. The number of nitrogens with one attached hydrogen (secondary N) is 1. The average molecular weight is 249 g/mol. The van der Waals surface area contributed by atoms with Crippen molar-refractivity contribution in [2.45, 2.75) is 69.9 Å². The van der Waals surface area contributed by atoms with E-state index in [1.165, 1.54) is 38.5 Å². The van der Waals surface area contributed by atoms with Gasteiger partial charge in [0, 0.05) is 19.1 Å². The van der Waals surface area contributed by atoms with E-state index in [9.17, 15) is 5.26 Å². The Labute approximate surface area is 112 Å². The van der Waals surface area contributed by atoms with Crippen LogP contribution in [0.2, 0.25) is 0 Å². The van der Waals surface area contributed by atoms with E-state index in [0.29, 0.717) is 6.04 Å². The number of rotatable bonds is 3. The van der Waals surface area contributed by atoms with Gasteiger partial charge < -0.3 is 4.90 Å². The summed E-state index contributed by atoms with van der Waals surface area (Å²) in [5, 5.41) is 13.3. The monoisotopic (exact) mass is 249 g/mol. The van der Waals surface area contributed by atoms with Crippen molar-refractivity contribution in [3.63, 3.8) is 0 Å². The van der Waals surface area contributed by atoms with E-state index in [0.717, 1.165) is 32.5 Å². The third-order valence-corrected chi connectivity index (χ3v) is 4.71. The summed E-state index contributed by atoms with van der Waals surface area (Å²) in [7, 11) is 0. The van der Waals surface area contributed by atoms with E-state index in [4.69, 9.17) is 0 Å². The molecular weight excluding hydrogens is 222 g/mol. The molecule has 2 rings (SSSR count). The lowest BCUT2D eigenvalue weighted by atomic mass is 9.87. The fraction of sp³-hybridized carbons (Fsp3) is 0.933. The van der Waals surface area contributed by atoms with E-state index in [1.807, 2.05) is 0 Å². The molecule has 0 spiro atoms. The molecule has 1 saturated heterocycles. The number of nitrogens with zero attached hydrogens (tertiary/aromatic N) is 2. The van der Waals surface area contributed by atoms with Gasteiger partial charge in [-0.3, -0.25) is 5.32 Å². The molecule has 1 aliphatic heterocycles. The van der Waals surface area contributed by atoms with E-state index in [1.54, 1.807) is 0 Å². The second-order valence-corrected chi connectivity index (χ2v) is 5.96. The lowest BCUT2D eigenvalue weighted by molar-refractivity contribution is 0.160. The maximum atomic E-state index is 9.57. The van der Waals surface area contributed by atoms with Crippen LogP contribution in [0.4, 0.5) is 0 Å². The zero-order valence-corrected chi connectivity index (χ0v) is 11.7. The van der Waals surface area contributed by atoms with Crippen LogP contribution < -0.4 is 5.32 Å². The number of piperidine rings is 1. The van der Waals surface area contributed by atoms with Crippen LogP contribution in [0.5, 0.6) is 0 Å². The van der Waals surface area contributed by atoms with Gasteiger partial charge in [-0.2, -0.15) is 5.26 Å². The zero-order chi connectivity index (χ0) is 12.8. The average Bonchev–Trinajstić information content (AvgIpc) is 2.68. The Balaban J connectivity index is 1.90. The summed E-state index contributed by atoms with van der Waals surface area (Å²) >= 11 is 0. The Morgan fingerprint density at radius 2 is 1.78 bits per heavy atom. The van der Waals surface area contributed by atoms with E-state index in [-0.39, 0.29) is 5.54 Å². The standard InChI is InChI=1S/C15H27N3/c1-2-18-11-9-15(13-16,10-12-18)17-14-7-5-3-4-6-8-14/h14,17H,2-12H2,1H3. The van der Waals surface area contributed by atoms with Crippen molar-refractivity contribution in [1.29, 1.82) is 5.26 Å². The molecule has 1 saturated carbocycles. The third kappa shape index (κ3) is 3.46. The molecule has 0 radical (unpaired) electrons. The van der Waals surface area contributed by atoms with Crippen LogP contribution in [-0.4, -0.2) is 36.1 Å². The molecule has 102 valence electrons. The number of nitriles is 1. The van der Waals surface area contributed by atoms with Gasteiger partial charge in [-0.25, -0.2) is 0 Å². The molecule has 2 fully saturated rings. The van der Waals surface area contributed by atoms with Crippen LogP contribution in [0, 0.1) is 11.3 Å². The van der Waals surface area contributed by atoms with Crippen LogP contribution in [0.3, 0.4) is 0 Å². The van der Waals surface area contributed by atoms with Crippen molar-refractivity contribution in [2.24, 2.45) is 0 Å². The van der Waals surface area contributed by atoms with E-state index >= 15 is 0 Å². The highest BCUT2D eigenvalue weighted by molar-refractivity contribution is 5.10. The Kier molecular flexibility index (Phi) is 5.03. The molecule has 1 aliphatic carbocycles. The van der Waals surface area contributed by atoms with Crippen molar-refractivity contribution in [3.05, 3.63) is 0 Å². The first-order chi connectivity index (χ1) is 8.78. The van der Waals surface area contributed by atoms with Crippen molar-refractivity contribution < 1.29 is 0 Å². The molecule has 1 N–H and O–H groups in total. The van der Waals surface area contributed by atoms with Gasteiger partial charge >= 0.3 is 0 Å². The molecule has 0 unspecified atom stereocenters. The smallest absolute Gasteiger partial charge is 0.109 e.